The van der Waals surface area contributed by atoms with Crippen LogP contribution in [-0.2, 0) is 0 Å². The molecular weight excluding hydrogens is 550 g/mol. The quantitative estimate of drug-likeness (QED) is 0.0790. The zero-order valence-corrected chi connectivity index (χ0v) is 26.5. The molecule has 10 heteroatoms. The molecule has 9 nitrogen and oxygen atoms in total. The van der Waals surface area contributed by atoms with Gasteiger partial charge in [-0.1, -0.05) is 109 Å². The lowest BCUT2D eigenvalue weighted by Crippen LogP contribution is -2.25. The summed E-state index contributed by atoms with van der Waals surface area (Å²) < 4.78 is 15.6. The van der Waals surface area contributed by atoms with E-state index < -0.39 is 0 Å². The molecule has 4 aromatic rings. The Morgan fingerprint density at radius 3 is 2.24 bits per heavy atom. The molecule has 0 bridgehead atoms. The van der Waals surface area contributed by atoms with Crippen molar-refractivity contribution in [2.24, 2.45) is 0 Å². The second kappa shape index (κ2) is 16.6. The Labute approximate surface area is 255 Å². The smallest absolute Gasteiger partial charge is 0.201 e. The number of hydrogen-bond donors (Lipinski definition) is 2. The van der Waals surface area contributed by atoms with Gasteiger partial charge in [-0.2, -0.15) is 9.73 Å². The maximum atomic E-state index is 6.14. The molecule has 0 saturated carbocycles. The minimum Gasteiger partial charge on any atom is -0.490 e. The number of benzene rings is 1. The highest BCUT2D eigenvalue weighted by molar-refractivity contribution is 6.30. The van der Waals surface area contributed by atoms with Gasteiger partial charge in [0.2, 0.25) is 5.65 Å². The second-order valence-electron chi connectivity index (χ2n) is 11.5. The molecular formula is C32H48ClN7O2. The number of aromatic nitrogens is 6. The zero-order chi connectivity index (χ0) is 29.7. The molecule has 0 amide bonds. The summed E-state index contributed by atoms with van der Waals surface area (Å²) in [5.74, 6) is 2.60. The van der Waals surface area contributed by atoms with Gasteiger partial charge < -0.3 is 9.47 Å². The standard InChI is InChI=1S/C32H48ClN7O2/c1-5-6-7-8-9-10-11-12-13-16-19-41-27-17-14-15-18-28(27)42-23-34-20-25(4)31-36-32-30(39-22-26(33)21-35-39)29(24(2)3)37-40(32)38-31/h14-15,17-18,21-22,24-25,34,37H,5-13,16,19-20,23H2,1-4H3. The van der Waals surface area contributed by atoms with Gasteiger partial charge in [0, 0.05) is 18.7 Å². The molecule has 0 saturated heterocycles. The van der Waals surface area contributed by atoms with Gasteiger partial charge in [0.25, 0.3) is 0 Å². The molecule has 0 aliphatic heterocycles. The highest BCUT2D eigenvalue weighted by atomic mass is 35.5. The van der Waals surface area contributed by atoms with E-state index in [4.69, 9.17) is 31.2 Å². The predicted octanol–water partition coefficient (Wildman–Crippen LogP) is 8.05. The molecule has 0 fully saturated rings. The average Bonchev–Trinajstić information content (AvgIpc) is 3.69. The number of unbranched alkanes of at least 4 members (excludes halogenated alkanes) is 9. The third-order valence-electron chi connectivity index (χ3n) is 7.50. The summed E-state index contributed by atoms with van der Waals surface area (Å²) in [4.78, 5) is 4.85. The van der Waals surface area contributed by atoms with Crippen LogP contribution in [-0.4, -0.2) is 49.5 Å². The minimum atomic E-state index is 0.0706. The molecule has 3 aromatic heterocycles. The summed E-state index contributed by atoms with van der Waals surface area (Å²) in [5.41, 5.74) is 2.60. The number of H-pyrrole nitrogens is 1. The summed E-state index contributed by atoms with van der Waals surface area (Å²) >= 11 is 6.14. The van der Waals surface area contributed by atoms with Gasteiger partial charge in [0.05, 0.1) is 23.5 Å². The molecule has 1 unspecified atom stereocenters. The molecule has 0 spiro atoms. The van der Waals surface area contributed by atoms with E-state index >= 15 is 0 Å². The number of ether oxygens (including phenoxy) is 2. The summed E-state index contributed by atoms with van der Waals surface area (Å²) in [5, 5.41) is 16.4. The van der Waals surface area contributed by atoms with Crippen LogP contribution in [0.5, 0.6) is 11.5 Å². The van der Waals surface area contributed by atoms with Crippen molar-refractivity contribution in [3.8, 4) is 17.2 Å². The predicted molar refractivity (Wildman–Crippen MR) is 169 cm³/mol. The third-order valence-corrected chi connectivity index (χ3v) is 7.70. The van der Waals surface area contributed by atoms with Crippen LogP contribution >= 0.6 is 11.6 Å². The fourth-order valence-corrected chi connectivity index (χ4v) is 5.20. The van der Waals surface area contributed by atoms with Crippen LogP contribution in [0.4, 0.5) is 0 Å². The van der Waals surface area contributed by atoms with Crippen molar-refractivity contribution < 1.29 is 9.47 Å². The largest absolute Gasteiger partial charge is 0.490 e. The fraction of sp³-hybridized carbons (Fsp3) is 0.594. The second-order valence-corrected chi connectivity index (χ2v) is 11.9. The lowest BCUT2D eigenvalue weighted by molar-refractivity contribution is 0.246. The Hall–Kier alpha value is -3.04. The topological polar surface area (TPSA) is 94.3 Å². The Kier molecular flexibility index (Phi) is 12.6. The van der Waals surface area contributed by atoms with Crippen molar-refractivity contribution in [2.75, 3.05) is 19.9 Å². The number of para-hydroxylation sites is 2. The van der Waals surface area contributed by atoms with Crippen molar-refractivity contribution in [1.82, 2.24) is 34.9 Å². The monoisotopic (exact) mass is 597 g/mol. The number of halogens is 1. The first-order valence-electron chi connectivity index (χ1n) is 15.7. The van der Waals surface area contributed by atoms with Crippen molar-refractivity contribution in [2.45, 2.75) is 104 Å². The average molecular weight is 598 g/mol. The number of nitrogens with one attached hydrogen (secondary N) is 2. The van der Waals surface area contributed by atoms with Gasteiger partial charge in [-0.15, -0.1) is 5.10 Å². The molecule has 1 aromatic carbocycles. The molecule has 230 valence electrons. The van der Waals surface area contributed by atoms with Gasteiger partial charge in [0.1, 0.15) is 12.4 Å². The van der Waals surface area contributed by atoms with Gasteiger partial charge in [-0.25, -0.2) is 9.67 Å². The normalized spacial score (nSPS) is 12.4. The maximum absolute atomic E-state index is 6.14. The van der Waals surface area contributed by atoms with Gasteiger partial charge in [-0.3, -0.25) is 10.4 Å². The fourth-order valence-electron chi connectivity index (χ4n) is 5.06. The molecule has 4 rings (SSSR count). The molecule has 0 radical (unpaired) electrons. The van der Waals surface area contributed by atoms with Crippen LogP contribution < -0.4 is 14.8 Å². The molecule has 2 N–H and O–H groups in total. The number of rotatable bonds is 20. The first-order valence-corrected chi connectivity index (χ1v) is 16.1. The van der Waals surface area contributed by atoms with Crippen molar-refractivity contribution in [3.05, 3.63) is 53.2 Å². The van der Waals surface area contributed by atoms with Crippen LogP contribution in [0.2, 0.25) is 5.02 Å². The zero-order valence-electron chi connectivity index (χ0n) is 25.7. The van der Waals surface area contributed by atoms with Gasteiger partial charge in [-0.05, 0) is 24.5 Å². The number of hydrogen-bond acceptors (Lipinski definition) is 6. The van der Waals surface area contributed by atoms with Gasteiger partial charge in [0.15, 0.2) is 17.3 Å². The highest BCUT2D eigenvalue weighted by Crippen LogP contribution is 2.28. The van der Waals surface area contributed by atoms with Crippen LogP contribution in [0.25, 0.3) is 11.3 Å². The molecule has 1 atom stereocenters. The van der Waals surface area contributed by atoms with E-state index in [0.717, 1.165) is 40.8 Å². The van der Waals surface area contributed by atoms with E-state index in [1.54, 1.807) is 21.7 Å². The van der Waals surface area contributed by atoms with E-state index in [2.05, 4.69) is 43.2 Å². The third kappa shape index (κ3) is 8.98. The highest BCUT2D eigenvalue weighted by Gasteiger charge is 2.22. The lowest BCUT2D eigenvalue weighted by Gasteiger charge is -2.14. The van der Waals surface area contributed by atoms with E-state index in [9.17, 15) is 0 Å². The SMILES string of the molecule is CCCCCCCCCCCCOc1ccccc1OCNCC(C)c1nc2c(-n3cc(Cl)cn3)c(C(C)C)[nH]n2n1. The van der Waals surface area contributed by atoms with Gasteiger partial charge >= 0.3 is 0 Å². The molecule has 0 aliphatic rings. The van der Waals surface area contributed by atoms with E-state index in [0.29, 0.717) is 24.9 Å². The van der Waals surface area contributed by atoms with Crippen molar-refractivity contribution >= 4 is 17.2 Å². The summed E-state index contributed by atoms with van der Waals surface area (Å²) in [7, 11) is 0. The Balaban J connectivity index is 1.20. The first-order chi connectivity index (χ1) is 20.5. The molecule has 0 aliphatic carbocycles. The summed E-state index contributed by atoms with van der Waals surface area (Å²) in [6, 6.07) is 7.88. The summed E-state index contributed by atoms with van der Waals surface area (Å²) in [6.07, 6.45) is 16.5. The van der Waals surface area contributed by atoms with Crippen LogP contribution in [0, 0.1) is 0 Å². The van der Waals surface area contributed by atoms with Crippen molar-refractivity contribution in [1.29, 1.82) is 0 Å². The van der Waals surface area contributed by atoms with E-state index in [1.165, 1.54) is 57.8 Å². The van der Waals surface area contributed by atoms with Crippen molar-refractivity contribution in [3.63, 3.8) is 0 Å². The van der Waals surface area contributed by atoms with E-state index in [-0.39, 0.29) is 11.8 Å². The van der Waals surface area contributed by atoms with E-state index in [1.807, 2.05) is 24.3 Å². The maximum Gasteiger partial charge on any atom is 0.201 e. The first kappa shape index (κ1) is 31.9. The lowest BCUT2D eigenvalue weighted by atomic mass is 10.1. The van der Waals surface area contributed by atoms with Crippen LogP contribution in [0.1, 0.15) is 115 Å². The number of aromatic amines is 1. The Bertz CT molecular complexity index is 1350. The number of nitrogens with zero attached hydrogens (tertiary/aromatic N) is 5. The molecule has 42 heavy (non-hydrogen) atoms. The van der Waals surface area contributed by atoms with Crippen LogP contribution in [0.3, 0.4) is 0 Å². The summed E-state index contributed by atoms with van der Waals surface area (Å²) in [6.45, 7) is 10.3. The minimum absolute atomic E-state index is 0.0706. The molecule has 3 heterocycles. The Morgan fingerprint density at radius 1 is 0.929 bits per heavy atom. The number of fused-ring (bicyclic) bond motifs is 1. The van der Waals surface area contributed by atoms with Crippen LogP contribution in [0.15, 0.2) is 36.7 Å². The Morgan fingerprint density at radius 2 is 1.60 bits per heavy atom.